The van der Waals surface area contributed by atoms with Crippen LogP contribution >= 0.6 is 0 Å². The summed E-state index contributed by atoms with van der Waals surface area (Å²) in [5.41, 5.74) is 21.6. The molecule has 6 N–H and O–H groups in total. The molecular formula is C52H57N3O5. The van der Waals surface area contributed by atoms with Gasteiger partial charge in [0.25, 0.3) is 0 Å². The summed E-state index contributed by atoms with van der Waals surface area (Å²) in [6, 6.07) is 39.1. The van der Waals surface area contributed by atoms with E-state index in [0.29, 0.717) is 63.4 Å². The minimum Gasteiger partial charge on any atom is -0.506 e. The number of aromatic hydroxyl groups is 1. The Morgan fingerprint density at radius 2 is 0.967 bits per heavy atom. The van der Waals surface area contributed by atoms with Gasteiger partial charge in [-0.05, 0) is 76.8 Å². The van der Waals surface area contributed by atoms with Gasteiger partial charge in [0.15, 0.2) is 17.3 Å². The molecule has 0 amide bonds. The highest BCUT2D eigenvalue weighted by Crippen LogP contribution is 2.33. The van der Waals surface area contributed by atoms with Gasteiger partial charge in [-0.25, -0.2) is 0 Å². The third-order valence-electron chi connectivity index (χ3n) is 10.6. The number of hydrogen-bond donors (Lipinski definition) is 4. The number of rotatable bonds is 10. The summed E-state index contributed by atoms with van der Waals surface area (Å²) >= 11 is 0. The molecular weight excluding hydrogens is 747 g/mol. The zero-order valence-electron chi connectivity index (χ0n) is 35.7. The van der Waals surface area contributed by atoms with Gasteiger partial charge in [0.1, 0.15) is 18.1 Å². The molecule has 60 heavy (non-hydrogen) atoms. The highest BCUT2D eigenvalue weighted by Gasteiger charge is 2.20. The van der Waals surface area contributed by atoms with Crippen LogP contribution in [0.2, 0.25) is 0 Å². The molecule has 6 aromatic rings. The zero-order chi connectivity index (χ0) is 43.5. The topological polar surface area (TPSA) is 145 Å². The monoisotopic (exact) mass is 803 g/mol. The number of nitrogens with one attached hydrogen (secondary N) is 1. The van der Waals surface area contributed by atoms with Gasteiger partial charge in [0, 0.05) is 45.6 Å². The Kier molecular flexibility index (Phi) is 15.1. The molecule has 0 radical (unpaired) electrons. The largest absolute Gasteiger partial charge is 0.506 e. The Morgan fingerprint density at radius 3 is 1.42 bits per heavy atom. The molecule has 0 atom stereocenters. The molecule has 0 saturated carbocycles. The smallest absolute Gasteiger partial charge is 0.195 e. The zero-order valence-corrected chi connectivity index (χ0v) is 35.7. The van der Waals surface area contributed by atoms with Gasteiger partial charge >= 0.3 is 0 Å². The molecule has 0 bridgehead atoms. The lowest BCUT2D eigenvalue weighted by Gasteiger charge is -2.21. The first-order valence-corrected chi connectivity index (χ1v) is 20.6. The third kappa shape index (κ3) is 10.7. The van der Waals surface area contributed by atoms with Gasteiger partial charge < -0.3 is 26.6 Å². The summed E-state index contributed by atoms with van der Waals surface area (Å²) in [6.45, 7) is 16.2. The van der Waals surface area contributed by atoms with E-state index in [2.05, 4.69) is 46.9 Å². The number of nitrogens with two attached hydrogens (primary N) is 2. The average molecular weight is 804 g/mol. The molecule has 6 aromatic carbocycles. The number of para-hydroxylation sites is 3. The van der Waals surface area contributed by atoms with E-state index >= 15 is 0 Å². The second kappa shape index (κ2) is 20.3. The van der Waals surface area contributed by atoms with E-state index in [9.17, 15) is 19.5 Å². The molecule has 0 spiro atoms. The Labute approximate surface area is 354 Å². The third-order valence-corrected chi connectivity index (χ3v) is 10.6. The lowest BCUT2D eigenvalue weighted by molar-refractivity contribution is 0.103. The first kappa shape index (κ1) is 44.4. The highest BCUT2D eigenvalue weighted by molar-refractivity contribution is 6.14. The van der Waals surface area contributed by atoms with Crippen LogP contribution in [0.25, 0.3) is 0 Å². The minimum absolute atomic E-state index is 0.00638. The number of phenols is 1. The quantitative estimate of drug-likeness (QED) is 0.0608. The first-order chi connectivity index (χ1) is 28.7. The van der Waals surface area contributed by atoms with Crippen LogP contribution in [0.3, 0.4) is 0 Å². The second-order valence-corrected chi connectivity index (χ2v) is 15.7. The highest BCUT2D eigenvalue weighted by atomic mass is 16.5. The van der Waals surface area contributed by atoms with Crippen LogP contribution in [0.5, 0.6) is 11.5 Å². The van der Waals surface area contributed by atoms with Crippen molar-refractivity contribution in [2.75, 3.05) is 29.9 Å². The SMILES string of the molecule is CC(C)c1ccc(C(=O)c2cccc(O)c2N)cc1.CC(C)c1ccc(C(=O)c2cccc3c2NCCO3)cc1.CCc1cccc(C(=O)c2ccc(C(C)C)cc2)c1N. The van der Waals surface area contributed by atoms with Crippen molar-refractivity contribution >= 4 is 34.4 Å². The summed E-state index contributed by atoms with van der Waals surface area (Å²) in [5, 5.41) is 12.8. The number of carbonyl (C=O) groups is 3. The average Bonchev–Trinajstić information content (AvgIpc) is 3.27. The molecule has 7 rings (SSSR count). The Hall–Kier alpha value is -6.67. The maximum atomic E-state index is 12.7. The van der Waals surface area contributed by atoms with Gasteiger partial charge in [-0.1, -0.05) is 146 Å². The molecule has 1 aliphatic heterocycles. The lowest BCUT2D eigenvalue weighted by Crippen LogP contribution is -2.20. The Bertz CT molecular complexity index is 2420. The predicted octanol–water partition coefficient (Wildman–Crippen LogP) is 11.4. The fraction of sp³-hybridized carbons (Fsp3) is 0.250. The van der Waals surface area contributed by atoms with E-state index in [1.165, 1.54) is 22.8 Å². The van der Waals surface area contributed by atoms with E-state index in [4.69, 9.17) is 16.2 Å². The van der Waals surface area contributed by atoms with Crippen molar-refractivity contribution in [2.24, 2.45) is 0 Å². The number of benzene rings is 6. The molecule has 8 heteroatoms. The van der Waals surface area contributed by atoms with Gasteiger partial charge in [0.05, 0.1) is 11.4 Å². The van der Waals surface area contributed by atoms with Crippen molar-refractivity contribution in [3.05, 3.63) is 183 Å². The molecule has 1 aliphatic rings. The molecule has 0 aromatic heterocycles. The summed E-state index contributed by atoms with van der Waals surface area (Å²) in [7, 11) is 0. The minimum atomic E-state index is -0.177. The number of anilines is 3. The van der Waals surface area contributed by atoms with Crippen LogP contribution in [0.15, 0.2) is 127 Å². The summed E-state index contributed by atoms with van der Waals surface area (Å²) in [5.74, 6) is 1.89. The number of ketones is 3. The van der Waals surface area contributed by atoms with Gasteiger partial charge in [-0.15, -0.1) is 0 Å². The van der Waals surface area contributed by atoms with E-state index in [1.54, 1.807) is 30.3 Å². The van der Waals surface area contributed by atoms with E-state index in [0.717, 1.165) is 30.0 Å². The van der Waals surface area contributed by atoms with Crippen molar-refractivity contribution in [3.8, 4) is 11.5 Å². The molecule has 0 fully saturated rings. The normalized spacial score (nSPS) is 11.6. The number of fused-ring (bicyclic) bond motifs is 1. The fourth-order valence-electron chi connectivity index (χ4n) is 6.76. The lowest BCUT2D eigenvalue weighted by atomic mass is 9.95. The van der Waals surface area contributed by atoms with E-state index in [-0.39, 0.29) is 28.8 Å². The number of aryl methyl sites for hydroxylation is 1. The van der Waals surface area contributed by atoms with Gasteiger partial charge in [-0.2, -0.15) is 0 Å². The van der Waals surface area contributed by atoms with Crippen molar-refractivity contribution in [1.82, 2.24) is 0 Å². The number of hydrogen-bond acceptors (Lipinski definition) is 8. The fourth-order valence-corrected chi connectivity index (χ4v) is 6.76. The van der Waals surface area contributed by atoms with Crippen LogP contribution in [0.4, 0.5) is 17.1 Å². The molecule has 8 nitrogen and oxygen atoms in total. The number of phenolic OH excluding ortho intramolecular Hbond substituents is 1. The Balaban J connectivity index is 0.000000171. The van der Waals surface area contributed by atoms with Crippen molar-refractivity contribution in [2.45, 2.75) is 72.6 Å². The van der Waals surface area contributed by atoms with Crippen molar-refractivity contribution in [3.63, 3.8) is 0 Å². The first-order valence-electron chi connectivity index (χ1n) is 20.6. The van der Waals surface area contributed by atoms with E-state index in [1.807, 2.05) is 97.9 Å². The predicted molar refractivity (Wildman–Crippen MR) is 245 cm³/mol. The summed E-state index contributed by atoms with van der Waals surface area (Å²) in [6.07, 6.45) is 0.833. The number of nitrogen functional groups attached to an aromatic ring is 2. The van der Waals surface area contributed by atoms with Crippen LogP contribution in [-0.4, -0.2) is 35.6 Å². The molecule has 310 valence electrons. The van der Waals surface area contributed by atoms with Crippen LogP contribution < -0.4 is 21.5 Å². The molecule has 1 heterocycles. The maximum absolute atomic E-state index is 12.7. The van der Waals surface area contributed by atoms with Crippen molar-refractivity contribution < 1.29 is 24.2 Å². The molecule has 0 aliphatic carbocycles. The number of carbonyl (C=O) groups excluding carboxylic acids is 3. The Morgan fingerprint density at radius 1 is 0.567 bits per heavy atom. The maximum Gasteiger partial charge on any atom is 0.195 e. The van der Waals surface area contributed by atoms with Crippen LogP contribution in [0.1, 0.15) is 136 Å². The van der Waals surface area contributed by atoms with E-state index < -0.39 is 0 Å². The summed E-state index contributed by atoms with van der Waals surface area (Å²) in [4.78, 5) is 37.5. The van der Waals surface area contributed by atoms with Crippen LogP contribution in [-0.2, 0) is 6.42 Å². The molecule has 0 unspecified atom stereocenters. The van der Waals surface area contributed by atoms with Gasteiger partial charge in [0.2, 0.25) is 0 Å². The van der Waals surface area contributed by atoms with Crippen LogP contribution in [0, 0.1) is 0 Å². The second-order valence-electron chi connectivity index (χ2n) is 15.7. The standard InChI is InChI=1S/C18H19NO2.C18H21NO.C16H17NO2/c1-12(2)13-6-8-14(9-7-13)18(20)15-4-3-5-16-17(15)19-10-11-21-16;1-4-13-6-5-7-16(17(13)19)18(20)15-10-8-14(9-11-15)12(2)3;1-10(2)11-6-8-12(9-7-11)16(19)13-4-3-5-14(18)15(13)17/h3-9,12,19H,10-11H2,1-2H3;5-12H,4,19H2,1-3H3;3-10,18H,17H2,1-2H3. The molecule has 0 saturated heterocycles. The van der Waals surface area contributed by atoms with Gasteiger partial charge in [-0.3, -0.25) is 14.4 Å². The van der Waals surface area contributed by atoms with Crippen molar-refractivity contribution in [1.29, 1.82) is 0 Å². The number of ether oxygens (including phenoxy) is 1. The summed E-state index contributed by atoms with van der Waals surface area (Å²) < 4.78 is 5.59.